The minimum atomic E-state index is -0.918. The van der Waals surface area contributed by atoms with Gasteiger partial charge in [-0.25, -0.2) is 4.79 Å². The molecule has 1 atom stereocenters. The third-order valence-corrected chi connectivity index (χ3v) is 5.30. The van der Waals surface area contributed by atoms with Crippen LogP contribution < -0.4 is 4.74 Å². The normalized spacial score (nSPS) is 25.2. The molecule has 2 aliphatic heterocycles. The summed E-state index contributed by atoms with van der Waals surface area (Å²) in [5.74, 6) is -0.104. The second-order valence-corrected chi connectivity index (χ2v) is 9.58. The summed E-state index contributed by atoms with van der Waals surface area (Å²) in [6, 6.07) is 4.09. The minimum Gasteiger partial charge on any atom is -0.457 e. The van der Waals surface area contributed by atoms with E-state index in [1.54, 1.807) is 7.11 Å². The molecule has 0 aromatic heterocycles. The van der Waals surface area contributed by atoms with Crippen molar-refractivity contribution in [1.82, 2.24) is 0 Å². The zero-order chi connectivity index (χ0) is 20.4. The molecule has 27 heavy (non-hydrogen) atoms. The molecule has 0 aliphatic carbocycles. The Labute approximate surface area is 162 Å². The predicted molar refractivity (Wildman–Crippen MR) is 106 cm³/mol. The van der Waals surface area contributed by atoms with Crippen LogP contribution in [0, 0.1) is 12.3 Å². The molecule has 2 heterocycles. The number of methoxy groups -OCH3 is 1. The van der Waals surface area contributed by atoms with E-state index in [1.165, 1.54) is 0 Å². The monoisotopic (exact) mass is 370 g/mol. The van der Waals surface area contributed by atoms with E-state index in [4.69, 9.17) is 14.2 Å². The molecule has 146 valence electrons. The average molecular weight is 370 g/mol. The number of hydrogen-bond acceptors (Lipinski definition) is 4. The molecule has 2 aliphatic rings. The van der Waals surface area contributed by atoms with E-state index >= 15 is 0 Å². The van der Waals surface area contributed by atoms with E-state index in [0.29, 0.717) is 17.1 Å². The number of fused-ring (bicyclic) bond motifs is 1. The van der Waals surface area contributed by atoms with Crippen molar-refractivity contribution in [3.05, 3.63) is 46.2 Å². The fourth-order valence-electron chi connectivity index (χ4n) is 3.73. The molecule has 1 aromatic rings. The van der Waals surface area contributed by atoms with Crippen molar-refractivity contribution in [2.24, 2.45) is 5.41 Å². The van der Waals surface area contributed by atoms with Crippen LogP contribution in [0.25, 0.3) is 5.57 Å². The Morgan fingerprint density at radius 1 is 1.04 bits per heavy atom. The minimum absolute atomic E-state index is 0.139. The second-order valence-electron chi connectivity index (χ2n) is 9.58. The molecule has 0 bridgehead atoms. The molecule has 4 nitrogen and oxygen atoms in total. The number of aryl methyl sites for hydroxylation is 1. The van der Waals surface area contributed by atoms with Gasteiger partial charge < -0.3 is 14.2 Å². The van der Waals surface area contributed by atoms with Gasteiger partial charge in [0.15, 0.2) is 0 Å². The number of esters is 1. The smallest absolute Gasteiger partial charge is 0.348 e. The van der Waals surface area contributed by atoms with Gasteiger partial charge in [0.1, 0.15) is 17.1 Å². The number of benzene rings is 1. The van der Waals surface area contributed by atoms with Crippen LogP contribution in [0.2, 0.25) is 0 Å². The van der Waals surface area contributed by atoms with Crippen LogP contribution in [0.4, 0.5) is 0 Å². The van der Waals surface area contributed by atoms with E-state index in [9.17, 15) is 4.79 Å². The van der Waals surface area contributed by atoms with E-state index < -0.39 is 5.79 Å². The highest BCUT2D eigenvalue weighted by molar-refractivity contribution is 6.23. The number of carbonyl (C=O) groups excluding carboxylic acids is 1. The Bertz CT molecular complexity index is 875. The summed E-state index contributed by atoms with van der Waals surface area (Å²) >= 11 is 0. The first-order chi connectivity index (χ1) is 12.3. The topological polar surface area (TPSA) is 44.8 Å². The van der Waals surface area contributed by atoms with E-state index in [0.717, 1.165) is 22.3 Å². The third kappa shape index (κ3) is 3.00. The Kier molecular flexibility index (Phi) is 4.35. The van der Waals surface area contributed by atoms with Crippen LogP contribution in [-0.4, -0.2) is 18.9 Å². The molecule has 0 radical (unpaired) electrons. The Balaban J connectivity index is 2.24. The Morgan fingerprint density at radius 2 is 1.67 bits per heavy atom. The lowest BCUT2D eigenvalue weighted by atomic mass is 9.83. The maximum atomic E-state index is 12.9. The van der Waals surface area contributed by atoms with Gasteiger partial charge in [0.25, 0.3) is 0 Å². The molecule has 3 rings (SSSR count). The van der Waals surface area contributed by atoms with E-state index in [-0.39, 0.29) is 16.8 Å². The lowest BCUT2D eigenvalue weighted by Crippen LogP contribution is -2.43. The van der Waals surface area contributed by atoms with Crippen LogP contribution in [0.1, 0.15) is 65.2 Å². The predicted octanol–water partition coefficient (Wildman–Crippen LogP) is 5.29. The van der Waals surface area contributed by atoms with Crippen molar-refractivity contribution in [1.29, 1.82) is 0 Å². The average Bonchev–Trinajstić information content (AvgIpc) is 3.02. The zero-order valence-corrected chi connectivity index (χ0v) is 17.9. The van der Waals surface area contributed by atoms with E-state index in [2.05, 4.69) is 47.6 Å². The standard InChI is InChI=1S/C23H30O4/c1-13-10-15-17(20(24)26-19(15)16(11-13)21(3,4)5)18-14(2)12-23(25-9,27-18)22(6,7)8/h10-12H,1-9H3/b18-17+. The first-order valence-electron chi connectivity index (χ1n) is 9.37. The van der Waals surface area contributed by atoms with Crippen molar-refractivity contribution < 1.29 is 19.0 Å². The molecule has 0 spiro atoms. The van der Waals surface area contributed by atoms with E-state index in [1.807, 2.05) is 26.0 Å². The largest absolute Gasteiger partial charge is 0.457 e. The van der Waals surface area contributed by atoms with Gasteiger partial charge in [-0.1, -0.05) is 47.6 Å². The van der Waals surface area contributed by atoms with Gasteiger partial charge >= 0.3 is 5.97 Å². The molecule has 0 amide bonds. The number of ether oxygens (including phenoxy) is 3. The van der Waals surface area contributed by atoms with Gasteiger partial charge in [-0.15, -0.1) is 0 Å². The summed E-state index contributed by atoms with van der Waals surface area (Å²) in [7, 11) is 1.63. The number of carbonyl (C=O) groups is 1. The summed E-state index contributed by atoms with van der Waals surface area (Å²) < 4.78 is 17.8. The molecule has 1 aromatic carbocycles. The fourth-order valence-corrected chi connectivity index (χ4v) is 3.73. The van der Waals surface area contributed by atoms with Crippen molar-refractivity contribution in [2.45, 2.75) is 66.6 Å². The molecule has 0 fully saturated rings. The van der Waals surface area contributed by atoms with Gasteiger partial charge in [-0.2, -0.15) is 0 Å². The van der Waals surface area contributed by atoms with Crippen molar-refractivity contribution in [2.75, 3.05) is 7.11 Å². The van der Waals surface area contributed by atoms with Crippen molar-refractivity contribution in [3.63, 3.8) is 0 Å². The highest BCUT2D eigenvalue weighted by Gasteiger charge is 2.49. The van der Waals surface area contributed by atoms with Crippen LogP contribution in [0.15, 0.2) is 29.5 Å². The highest BCUT2D eigenvalue weighted by atomic mass is 16.7. The third-order valence-electron chi connectivity index (χ3n) is 5.30. The van der Waals surface area contributed by atoms with Gasteiger partial charge in [0, 0.05) is 23.7 Å². The summed E-state index contributed by atoms with van der Waals surface area (Å²) in [5, 5.41) is 0. The number of hydrogen-bond donors (Lipinski definition) is 0. The quantitative estimate of drug-likeness (QED) is 0.383. The van der Waals surface area contributed by atoms with Gasteiger partial charge in [-0.3, -0.25) is 0 Å². The van der Waals surface area contributed by atoms with Crippen LogP contribution in [0.5, 0.6) is 5.75 Å². The van der Waals surface area contributed by atoms with Gasteiger partial charge in [0.05, 0.1) is 0 Å². The van der Waals surface area contributed by atoms with Crippen LogP contribution in [0.3, 0.4) is 0 Å². The lowest BCUT2D eigenvalue weighted by Gasteiger charge is -2.38. The molecule has 1 unspecified atom stereocenters. The molecule has 0 saturated carbocycles. The van der Waals surface area contributed by atoms with Crippen molar-refractivity contribution in [3.8, 4) is 5.75 Å². The maximum Gasteiger partial charge on any atom is 0.348 e. The number of allylic oxidation sites excluding steroid dienone is 1. The fraction of sp³-hybridized carbons (Fsp3) is 0.522. The Hall–Kier alpha value is -2.07. The molecular formula is C23H30O4. The zero-order valence-electron chi connectivity index (χ0n) is 17.9. The first-order valence-corrected chi connectivity index (χ1v) is 9.37. The first kappa shape index (κ1) is 19.7. The summed E-state index contributed by atoms with van der Waals surface area (Å²) in [6.07, 6.45) is 1.96. The molecule has 4 heteroatoms. The van der Waals surface area contributed by atoms with Gasteiger partial charge in [0.2, 0.25) is 5.79 Å². The highest BCUT2D eigenvalue weighted by Crippen LogP contribution is 2.50. The maximum absolute atomic E-state index is 12.9. The molecule has 0 saturated heterocycles. The summed E-state index contributed by atoms with van der Waals surface area (Å²) in [5.41, 5.74) is 3.83. The summed E-state index contributed by atoms with van der Waals surface area (Å²) in [4.78, 5) is 12.9. The molecular weight excluding hydrogens is 340 g/mol. The Morgan fingerprint density at radius 3 is 2.15 bits per heavy atom. The summed E-state index contributed by atoms with van der Waals surface area (Å²) in [6.45, 7) is 16.5. The lowest BCUT2D eigenvalue weighted by molar-refractivity contribution is -0.211. The molecule has 0 N–H and O–H groups in total. The van der Waals surface area contributed by atoms with Crippen molar-refractivity contribution >= 4 is 11.5 Å². The SMILES string of the molecule is COC1(C(C)(C)C)C=C(C)/C(=C2\C(=O)Oc3c2cc(C)cc3C(C)(C)C)O1. The number of rotatable bonds is 1. The van der Waals surface area contributed by atoms with Gasteiger partial charge in [-0.05, 0) is 42.5 Å². The van der Waals surface area contributed by atoms with Crippen LogP contribution in [-0.2, 0) is 19.7 Å². The van der Waals surface area contributed by atoms with Crippen LogP contribution >= 0.6 is 0 Å². The second kappa shape index (κ2) is 5.96.